The van der Waals surface area contributed by atoms with E-state index in [2.05, 4.69) is 15.2 Å². The van der Waals surface area contributed by atoms with E-state index in [9.17, 15) is 13.2 Å². The van der Waals surface area contributed by atoms with Gasteiger partial charge in [0.1, 0.15) is 0 Å². The van der Waals surface area contributed by atoms with E-state index in [-0.39, 0.29) is 6.04 Å². The van der Waals surface area contributed by atoms with Crippen molar-refractivity contribution in [1.29, 1.82) is 0 Å². The molecule has 7 heteroatoms. The van der Waals surface area contributed by atoms with Gasteiger partial charge in [0.05, 0.1) is 6.54 Å². The van der Waals surface area contributed by atoms with Crippen LogP contribution in [0.5, 0.6) is 0 Å². The van der Waals surface area contributed by atoms with E-state index in [1.165, 1.54) is 0 Å². The van der Waals surface area contributed by atoms with Crippen LogP contribution in [0.15, 0.2) is 11.6 Å². The highest BCUT2D eigenvalue weighted by Gasteiger charge is 2.29. The van der Waals surface area contributed by atoms with Crippen LogP contribution < -0.4 is 10.2 Å². The molecule has 1 aromatic rings. The standard InChI is InChI=1S/C10H14F3N3S/c11-10(12,13)7-15-8-1-4-16(5-2-8)9-14-3-6-17-9/h3,6,8,15H,1-2,4-5,7H2. The van der Waals surface area contributed by atoms with Crippen molar-refractivity contribution in [2.45, 2.75) is 25.1 Å². The van der Waals surface area contributed by atoms with E-state index in [1.807, 2.05) is 5.38 Å². The van der Waals surface area contributed by atoms with Gasteiger partial charge in [-0.1, -0.05) is 0 Å². The van der Waals surface area contributed by atoms with Crippen molar-refractivity contribution in [2.24, 2.45) is 0 Å². The van der Waals surface area contributed by atoms with Crippen LogP contribution in [-0.4, -0.2) is 36.8 Å². The van der Waals surface area contributed by atoms with Gasteiger partial charge in [0, 0.05) is 30.7 Å². The summed E-state index contributed by atoms with van der Waals surface area (Å²) in [4.78, 5) is 6.32. The maximum Gasteiger partial charge on any atom is 0.401 e. The number of alkyl halides is 3. The molecule has 1 aromatic heterocycles. The van der Waals surface area contributed by atoms with E-state index in [1.54, 1.807) is 17.5 Å². The zero-order valence-electron chi connectivity index (χ0n) is 9.20. The summed E-state index contributed by atoms with van der Waals surface area (Å²) in [5, 5.41) is 5.42. The molecular formula is C10H14F3N3S. The Hall–Kier alpha value is -0.820. The van der Waals surface area contributed by atoms with Crippen LogP contribution >= 0.6 is 11.3 Å². The van der Waals surface area contributed by atoms with E-state index in [4.69, 9.17) is 0 Å². The summed E-state index contributed by atoms with van der Waals surface area (Å²) in [5.41, 5.74) is 0. The number of anilines is 1. The maximum atomic E-state index is 12.0. The molecule has 1 aliphatic heterocycles. The Bertz CT molecular complexity index is 331. The van der Waals surface area contributed by atoms with Crippen molar-refractivity contribution < 1.29 is 13.2 Å². The monoisotopic (exact) mass is 265 g/mol. The van der Waals surface area contributed by atoms with Gasteiger partial charge in [-0.2, -0.15) is 13.2 Å². The SMILES string of the molecule is FC(F)(F)CNC1CCN(c2nccs2)CC1. The lowest BCUT2D eigenvalue weighted by atomic mass is 10.1. The topological polar surface area (TPSA) is 28.2 Å². The minimum Gasteiger partial charge on any atom is -0.348 e. The van der Waals surface area contributed by atoms with Crippen molar-refractivity contribution in [3.8, 4) is 0 Å². The molecule has 17 heavy (non-hydrogen) atoms. The van der Waals surface area contributed by atoms with Gasteiger partial charge in [-0.25, -0.2) is 4.98 Å². The zero-order valence-corrected chi connectivity index (χ0v) is 10.0. The first-order valence-electron chi connectivity index (χ1n) is 5.49. The Morgan fingerprint density at radius 3 is 2.65 bits per heavy atom. The Kier molecular flexibility index (Phi) is 3.88. The average molecular weight is 265 g/mol. The molecule has 0 atom stereocenters. The molecule has 1 aliphatic rings. The second kappa shape index (κ2) is 5.22. The first-order chi connectivity index (χ1) is 8.04. The molecule has 0 bridgehead atoms. The summed E-state index contributed by atoms with van der Waals surface area (Å²) in [7, 11) is 0. The Balaban J connectivity index is 1.75. The molecule has 0 unspecified atom stereocenters. The summed E-state index contributed by atoms with van der Waals surface area (Å²) >= 11 is 1.56. The summed E-state index contributed by atoms with van der Waals surface area (Å²) in [6, 6.07) is -0.0344. The number of nitrogens with one attached hydrogen (secondary N) is 1. The molecule has 0 saturated carbocycles. The Morgan fingerprint density at radius 1 is 1.41 bits per heavy atom. The number of rotatable bonds is 3. The number of nitrogens with zero attached hydrogens (tertiary/aromatic N) is 2. The Morgan fingerprint density at radius 2 is 2.12 bits per heavy atom. The predicted octanol–water partition coefficient (Wildman–Crippen LogP) is 2.26. The zero-order chi connectivity index (χ0) is 12.3. The molecule has 3 nitrogen and oxygen atoms in total. The first kappa shape index (κ1) is 12.6. The van der Waals surface area contributed by atoms with Crippen LogP contribution in [0.1, 0.15) is 12.8 Å². The van der Waals surface area contributed by atoms with E-state index in [0.717, 1.165) is 31.1 Å². The molecule has 0 aromatic carbocycles. The molecule has 0 amide bonds. The van der Waals surface area contributed by atoms with Crippen molar-refractivity contribution in [3.05, 3.63) is 11.6 Å². The van der Waals surface area contributed by atoms with Gasteiger partial charge in [-0.05, 0) is 12.8 Å². The number of hydrogen-bond donors (Lipinski definition) is 1. The summed E-state index contributed by atoms with van der Waals surface area (Å²) in [6.07, 6.45) is -0.911. The van der Waals surface area contributed by atoms with Crippen LogP contribution in [0.4, 0.5) is 18.3 Å². The minimum absolute atomic E-state index is 0.0344. The van der Waals surface area contributed by atoms with Crippen molar-refractivity contribution in [2.75, 3.05) is 24.5 Å². The molecular weight excluding hydrogens is 251 g/mol. The first-order valence-corrected chi connectivity index (χ1v) is 6.37. The molecule has 0 radical (unpaired) electrons. The van der Waals surface area contributed by atoms with Gasteiger partial charge in [-0.15, -0.1) is 11.3 Å². The highest BCUT2D eigenvalue weighted by Crippen LogP contribution is 2.22. The van der Waals surface area contributed by atoms with Gasteiger partial charge in [0.25, 0.3) is 0 Å². The third-order valence-electron chi connectivity index (χ3n) is 2.78. The number of thiazole rings is 1. The smallest absolute Gasteiger partial charge is 0.348 e. The molecule has 1 fully saturated rings. The van der Waals surface area contributed by atoms with E-state index in [0.29, 0.717) is 0 Å². The molecule has 0 spiro atoms. The number of hydrogen-bond acceptors (Lipinski definition) is 4. The van der Waals surface area contributed by atoms with Crippen LogP contribution in [0.3, 0.4) is 0 Å². The Labute approximate surface area is 102 Å². The van der Waals surface area contributed by atoms with Crippen molar-refractivity contribution in [1.82, 2.24) is 10.3 Å². The second-order valence-corrected chi connectivity index (χ2v) is 4.95. The molecule has 96 valence electrons. The van der Waals surface area contributed by atoms with Crippen molar-refractivity contribution >= 4 is 16.5 Å². The largest absolute Gasteiger partial charge is 0.401 e. The number of piperidine rings is 1. The van der Waals surface area contributed by atoms with Crippen LogP contribution in [0.25, 0.3) is 0 Å². The highest BCUT2D eigenvalue weighted by molar-refractivity contribution is 7.13. The summed E-state index contributed by atoms with van der Waals surface area (Å²) in [5.74, 6) is 0. The molecule has 2 rings (SSSR count). The number of halogens is 3. The molecule has 1 saturated heterocycles. The van der Waals surface area contributed by atoms with Crippen molar-refractivity contribution in [3.63, 3.8) is 0 Å². The molecule has 1 N–H and O–H groups in total. The average Bonchev–Trinajstić information content (AvgIpc) is 2.79. The van der Waals surface area contributed by atoms with Gasteiger partial charge in [-0.3, -0.25) is 0 Å². The third-order valence-corrected chi connectivity index (χ3v) is 3.61. The van der Waals surface area contributed by atoms with Gasteiger partial charge in [0.15, 0.2) is 5.13 Å². The van der Waals surface area contributed by atoms with Crippen LogP contribution in [-0.2, 0) is 0 Å². The molecule has 0 aliphatic carbocycles. The highest BCUT2D eigenvalue weighted by atomic mass is 32.1. The lowest BCUT2D eigenvalue weighted by Crippen LogP contribution is -2.45. The fourth-order valence-electron chi connectivity index (χ4n) is 1.91. The van der Waals surface area contributed by atoms with Gasteiger partial charge in [0.2, 0.25) is 0 Å². The van der Waals surface area contributed by atoms with Gasteiger partial charge < -0.3 is 10.2 Å². The normalized spacial score (nSPS) is 18.6. The van der Waals surface area contributed by atoms with E-state index < -0.39 is 12.7 Å². The fourth-order valence-corrected chi connectivity index (χ4v) is 2.60. The number of aromatic nitrogens is 1. The van der Waals surface area contributed by atoms with E-state index >= 15 is 0 Å². The fraction of sp³-hybridized carbons (Fsp3) is 0.700. The molecule has 2 heterocycles. The quantitative estimate of drug-likeness (QED) is 0.908. The summed E-state index contributed by atoms with van der Waals surface area (Å²) < 4.78 is 36.1. The lowest BCUT2D eigenvalue weighted by molar-refractivity contribution is -0.126. The second-order valence-electron chi connectivity index (χ2n) is 4.07. The maximum absolute atomic E-state index is 12.0. The van der Waals surface area contributed by atoms with Crippen LogP contribution in [0, 0.1) is 0 Å². The lowest BCUT2D eigenvalue weighted by Gasteiger charge is -2.32. The van der Waals surface area contributed by atoms with Crippen LogP contribution in [0.2, 0.25) is 0 Å². The summed E-state index contributed by atoms with van der Waals surface area (Å²) in [6.45, 7) is 0.640. The third kappa shape index (κ3) is 3.85. The predicted molar refractivity (Wildman–Crippen MR) is 61.4 cm³/mol. The minimum atomic E-state index is -4.12. The van der Waals surface area contributed by atoms with Gasteiger partial charge >= 0.3 is 6.18 Å².